The topological polar surface area (TPSA) is 41.5 Å². The molecule has 0 bridgehead atoms. The Balaban J connectivity index is 1.75. The third kappa shape index (κ3) is 4.10. The first-order chi connectivity index (χ1) is 14.7. The van der Waals surface area contributed by atoms with Crippen molar-refractivity contribution in [3.63, 3.8) is 0 Å². The molecular weight excluding hydrogens is 436 g/mol. The number of allylic oxidation sites excluding steroid dienone is 5. The minimum absolute atomic E-state index is 0.00492. The van der Waals surface area contributed by atoms with Gasteiger partial charge in [-0.2, -0.15) is 0 Å². The van der Waals surface area contributed by atoms with Crippen LogP contribution in [-0.2, 0) is 4.79 Å². The van der Waals surface area contributed by atoms with Crippen LogP contribution in [0.1, 0.15) is 36.9 Å². The third-order valence-electron chi connectivity index (χ3n) is 5.67. The van der Waals surface area contributed by atoms with Crippen molar-refractivity contribution in [2.45, 2.75) is 25.8 Å². The molecule has 2 aliphatic rings. The molecule has 1 aliphatic heterocycles. The van der Waals surface area contributed by atoms with Gasteiger partial charge >= 0.3 is 0 Å². The second-order valence-corrected chi connectivity index (χ2v) is 8.07. The molecule has 0 radical (unpaired) electrons. The van der Waals surface area contributed by atoms with Crippen molar-refractivity contribution in [1.29, 1.82) is 0 Å². The Bertz CT molecular complexity index is 1040. The highest BCUT2D eigenvalue weighted by molar-refractivity contribution is 9.09. The maximum Gasteiger partial charge on any atom is 0.248 e. The number of hydrogen-bond donors (Lipinski definition) is 1. The van der Waals surface area contributed by atoms with Gasteiger partial charge in [-0.05, 0) is 30.1 Å². The summed E-state index contributed by atoms with van der Waals surface area (Å²) < 4.78 is 0. The van der Waals surface area contributed by atoms with Crippen LogP contribution in [0.4, 0.5) is 0 Å². The normalized spacial score (nSPS) is 18.9. The van der Waals surface area contributed by atoms with E-state index in [1.165, 1.54) is 0 Å². The lowest BCUT2D eigenvalue weighted by Crippen LogP contribution is -2.36. The first-order valence-electron chi connectivity index (χ1n) is 10.4. The molecule has 0 spiro atoms. The van der Waals surface area contributed by atoms with Gasteiger partial charge in [0, 0.05) is 28.1 Å². The molecule has 0 saturated heterocycles. The van der Waals surface area contributed by atoms with Crippen molar-refractivity contribution >= 4 is 27.5 Å². The van der Waals surface area contributed by atoms with Gasteiger partial charge < -0.3 is 5.32 Å². The summed E-state index contributed by atoms with van der Waals surface area (Å²) in [6.07, 6.45) is 7.80. The van der Waals surface area contributed by atoms with Gasteiger partial charge in [-0.25, -0.2) is 0 Å². The van der Waals surface area contributed by atoms with Gasteiger partial charge in [0.2, 0.25) is 5.91 Å². The van der Waals surface area contributed by atoms with E-state index in [0.717, 1.165) is 46.5 Å². The van der Waals surface area contributed by atoms with Crippen LogP contribution in [0.5, 0.6) is 0 Å². The Morgan fingerprint density at radius 1 is 1.13 bits per heavy atom. The summed E-state index contributed by atoms with van der Waals surface area (Å²) in [5, 5.41) is 3.88. The number of dihydropyridines is 1. The molecule has 2 atom stereocenters. The van der Waals surface area contributed by atoms with Crippen LogP contribution in [0.2, 0.25) is 0 Å². The lowest BCUT2D eigenvalue weighted by molar-refractivity contribution is -0.118. The Kier molecular flexibility index (Phi) is 6.44. The maximum atomic E-state index is 13.6. The molecule has 4 heteroatoms. The zero-order valence-electron chi connectivity index (χ0n) is 17.0. The Morgan fingerprint density at radius 2 is 1.83 bits per heavy atom. The molecule has 2 aromatic carbocycles. The number of hydrogen-bond acceptors (Lipinski definition) is 2. The standard InChI is InChI=1S/C26H25BrN2O/c1-2-22(18-11-5-3-6-12-18)29-26(30)24-20-15-9-10-16-23(20)28-25(21(24)17-27)19-13-7-4-8-14-19/h3-14,16,20,22H,2,15,17H2,1H3,(H,29,30). The highest BCUT2D eigenvalue weighted by Gasteiger charge is 2.34. The fourth-order valence-electron chi connectivity index (χ4n) is 4.14. The fraction of sp³-hybridized carbons (Fsp3) is 0.231. The van der Waals surface area contributed by atoms with E-state index in [0.29, 0.717) is 5.33 Å². The SMILES string of the molecule is CCC(NC(=O)C1=C(CBr)C(c2ccccc2)=NC2=CC=CCC21)c1ccccc1. The molecule has 4 rings (SSSR count). The summed E-state index contributed by atoms with van der Waals surface area (Å²) in [6, 6.07) is 20.3. The number of halogens is 1. The average Bonchev–Trinajstić information content (AvgIpc) is 2.82. The number of rotatable bonds is 6. The molecule has 0 aromatic heterocycles. The molecule has 152 valence electrons. The van der Waals surface area contributed by atoms with Crippen LogP contribution in [-0.4, -0.2) is 16.9 Å². The zero-order chi connectivity index (χ0) is 20.9. The minimum atomic E-state index is -0.0200. The van der Waals surface area contributed by atoms with Gasteiger partial charge in [-0.15, -0.1) is 0 Å². The molecule has 0 fully saturated rings. The Labute approximate surface area is 186 Å². The van der Waals surface area contributed by atoms with Crippen molar-refractivity contribution in [2.75, 3.05) is 5.33 Å². The van der Waals surface area contributed by atoms with Crippen molar-refractivity contribution in [1.82, 2.24) is 5.32 Å². The van der Waals surface area contributed by atoms with Crippen molar-refractivity contribution in [3.8, 4) is 0 Å². The number of alkyl halides is 1. The number of carbonyl (C=O) groups excluding carboxylic acids is 1. The van der Waals surface area contributed by atoms with E-state index < -0.39 is 0 Å². The number of aliphatic imine (C=N–C) groups is 1. The molecule has 1 N–H and O–H groups in total. The van der Waals surface area contributed by atoms with Gasteiger partial charge in [-0.1, -0.05) is 95.7 Å². The molecule has 2 aromatic rings. The van der Waals surface area contributed by atoms with E-state index >= 15 is 0 Å². The summed E-state index contributed by atoms with van der Waals surface area (Å²) in [7, 11) is 0. The van der Waals surface area contributed by atoms with Crippen LogP contribution in [0.15, 0.2) is 101 Å². The number of nitrogens with one attached hydrogen (secondary N) is 1. The zero-order valence-corrected chi connectivity index (χ0v) is 18.6. The molecule has 2 unspecified atom stereocenters. The van der Waals surface area contributed by atoms with Crippen LogP contribution in [0.3, 0.4) is 0 Å². The number of fused-ring (bicyclic) bond motifs is 1. The second-order valence-electron chi connectivity index (χ2n) is 7.51. The van der Waals surface area contributed by atoms with E-state index in [9.17, 15) is 4.79 Å². The summed E-state index contributed by atoms with van der Waals surface area (Å²) in [6.45, 7) is 2.10. The number of nitrogens with zero attached hydrogens (tertiary/aromatic N) is 1. The Morgan fingerprint density at radius 3 is 2.50 bits per heavy atom. The molecule has 0 saturated carbocycles. The predicted octanol–water partition coefficient (Wildman–Crippen LogP) is 5.91. The predicted molar refractivity (Wildman–Crippen MR) is 127 cm³/mol. The van der Waals surface area contributed by atoms with Gasteiger partial charge in [0.05, 0.1) is 11.8 Å². The largest absolute Gasteiger partial charge is 0.345 e. The smallest absolute Gasteiger partial charge is 0.248 e. The van der Waals surface area contributed by atoms with Crippen LogP contribution < -0.4 is 5.32 Å². The number of carbonyl (C=O) groups is 1. The van der Waals surface area contributed by atoms with E-state index in [-0.39, 0.29) is 17.9 Å². The van der Waals surface area contributed by atoms with Crippen molar-refractivity contribution in [2.24, 2.45) is 10.9 Å². The second kappa shape index (κ2) is 9.40. The van der Waals surface area contributed by atoms with Gasteiger partial charge in [0.15, 0.2) is 0 Å². The molecule has 1 amide bonds. The van der Waals surface area contributed by atoms with Crippen LogP contribution >= 0.6 is 15.9 Å². The van der Waals surface area contributed by atoms with Gasteiger partial charge in [0.25, 0.3) is 0 Å². The van der Waals surface area contributed by atoms with E-state index in [2.05, 4.69) is 58.5 Å². The summed E-state index contributed by atoms with van der Waals surface area (Å²) in [5.74, 6) is -0.0158. The third-order valence-corrected chi connectivity index (χ3v) is 6.23. The quantitative estimate of drug-likeness (QED) is 0.534. The monoisotopic (exact) mass is 460 g/mol. The van der Waals surface area contributed by atoms with E-state index in [4.69, 9.17) is 4.99 Å². The molecule has 1 heterocycles. The lowest BCUT2D eigenvalue weighted by Gasteiger charge is -2.31. The van der Waals surface area contributed by atoms with Gasteiger partial charge in [-0.3, -0.25) is 9.79 Å². The van der Waals surface area contributed by atoms with Gasteiger partial charge in [0.1, 0.15) is 0 Å². The molecular formula is C26H25BrN2O. The van der Waals surface area contributed by atoms with Crippen molar-refractivity contribution in [3.05, 3.63) is 107 Å². The lowest BCUT2D eigenvalue weighted by atomic mass is 9.81. The van der Waals surface area contributed by atoms with E-state index in [1.807, 2.05) is 48.6 Å². The van der Waals surface area contributed by atoms with E-state index in [1.54, 1.807) is 0 Å². The number of benzene rings is 2. The van der Waals surface area contributed by atoms with Crippen LogP contribution in [0.25, 0.3) is 0 Å². The molecule has 3 nitrogen and oxygen atoms in total. The highest BCUT2D eigenvalue weighted by Crippen LogP contribution is 2.37. The van der Waals surface area contributed by atoms with Crippen molar-refractivity contribution < 1.29 is 4.79 Å². The summed E-state index contributed by atoms with van der Waals surface area (Å²) in [5.41, 5.74) is 5.79. The molecule has 30 heavy (non-hydrogen) atoms. The Hall–Kier alpha value is -2.72. The van der Waals surface area contributed by atoms with Crippen LogP contribution in [0, 0.1) is 5.92 Å². The summed E-state index contributed by atoms with van der Waals surface area (Å²) in [4.78, 5) is 18.6. The fourth-order valence-corrected chi connectivity index (χ4v) is 4.71. The minimum Gasteiger partial charge on any atom is -0.345 e. The average molecular weight is 461 g/mol. The first kappa shape index (κ1) is 20.5. The first-order valence-corrected chi connectivity index (χ1v) is 11.5. The number of amides is 1. The molecule has 1 aliphatic carbocycles. The maximum absolute atomic E-state index is 13.6. The highest BCUT2D eigenvalue weighted by atomic mass is 79.9. The summed E-state index contributed by atoms with van der Waals surface area (Å²) >= 11 is 3.65.